The number of hydrogen-bond acceptors (Lipinski definition) is 4. The molecule has 120 valence electrons. The summed E-state index contributed by atoms with van der Waals surface area (Å²) in [5.41, 5.74) is 2.05. The largest absolute Gasteiger partial charge is 0.497 e. The maximum atomic E-state index is 12.0. The zero-order chi connectivity index (χ0) is 16.8. The van der Waals surface area contributed by atoms with Crippen molar-refractivity contribution in [1.29, 1.82) is 0 Å². The minimum Gasteiger partial charge on any atom is -0.497 e. The topological polar surface area (TPSA) is 71.5 Å². The number of likely N-dealkylation sites (N-methyl/N-ethyl adjacent to an activating group) is 1. The number of carbonyl (C=O) groups is 2. The van der Waals surface area contributed by atoms with Crippen molar-refractivity contribution in [2.24, 2.45) is 0 Å². The van der Waals surface area contributed by atoms with E-state index in [0.717, 1.165) is 17.0 Å². The summed E-state index contributed by atoms with van der Waals surface area (Å²) in [6.45, 7) is -0.0382. The molecule has 0 radical (unpaired) electrons. The van der Waals surface area contributed by atoms with E-state index >= 15 is 0 Å². The summed E-state index contributed by atoms with van der Waals surface area (Å²) in [5.74, 6) is 0.248. The molecular formula is C17H19N3O3. The standard InChI is InChI=1S/C17H19N3O3/c1-20(2)16(21)11-19-17(22)13-7-8-15(18-10-13)12-5-4-6-14(9-12)23-3/h4-10H,11H2,1-3H3,(H,19,22). The van der Waals surface area contributed by atoms with Crippen LogP contribution in [0.3, 0.4) is 0 Å². The molecule has 6 nitrogen and oxygen atoms in total. The number of methoxy groups -OCH3 is 1. The van der Waals surface area contributed by atoms with Crippen molar-refractivity contribution in [1.82, 2.24) is 15.2 Å². The average Bonchev–Trinajstić information content (AvgIpc) is 2.59. The van der Waals surface area contributed by atoms with Crippen molar-refractivity contribution in [2.45, 2.75) is 0 Å². The molecule has 1 aromatic carbocycles. The van der Waals surface area contributed by atoms with Crippen LogP contribution in [0.15, 0.2) is 42.6 Å². The molecule has 0 aliphatic heterocycles. The molecule has 2 aromatic rings. The number of nitrogens with zero attached hydrogens (tertiary/aromatic N) is 2. The third-order valence-corrected chi connectivity index (χ3v) is 3.29. The van der Waals surface area contributed by atoms with Gasteiger partial charge in [0, 0.05) is 25.9 Å². The van der Waals surface area contributed by atoms with E-state index in [1.807, 2.05) is 24.3 Å². The van der Waals surface area contributed by atoms with E-state index in [2.05, 4.69) is 10.3 Å². The summed E-state index contributed by atoms with van der Waals surface area (Å²) >= 11 is 0. The lowest BCUT2D eigenvalue weighted by atomic mass is 10.1. The summed E-state index contributed by atoms with van der Waals surface area (Å²) in [6, 6.07) is 11.0. The predicted molar refractivity (Wildman–Crippen MR) is 87.3 cm³/mol. The maximum absolute atomic E-state index is 12.0. The first-order chi connectivity index (χ1) is 11.0. The number of amides is 2. The monoisotopic (exact) mass is 313 g/mol. The molecule has 6 heteroatoms. The quantitative estimate of drug-likeness (QED) is 0.909. The van der Waals surface area contributed by atoms with Crippen LogP contribution < -0.4 is 10.1 Å². The number of aromatic nitrogens is 1. The third-order valence-electron chi connectivity index (χ3n) is 3.29. The van der Waals surface area contributed by atoms with Crippen LogP contribution >= 0.6 is 0 Å². The molecule has 0 saturated heterocycles. The minimum absolute atomic E-state index is 0.0382. The lowest BCUT2D eigenvalue weighted by molar-refractivity contribution is -0.127. The number of nitrogens with one attached hydrogen (secondary N) is 1. The highest BCUT2D eigenvalue weighted by atomic mass is 16.5. The molecule has 0 aliphatic rings. The van der Waals surface area contributed by atoms with E-state index in [4.69, 9.17) is 4.74 Å². The summed E-state index contributed by atoms with van der Waals surface area (Å²) in [6.07, 6.45) is 1.49. The van der Waals surface area contributed by atoms with E-state index < -0.39 is 0 Å². The van der Waals surface area contributed by atoms with Crippen LogP contribution in [0.4, 0.5) is 0 Å². The zero-order valence-electron chi connectivity index (χ0n) is 13.4. The summed E-state index contributed by atoms with van der Waals surface area (Å²) in [7, 11) is 4.88. The lowest BCUT2D eigenvalue weighted by Gasteiger charge is -2.11. The Morgan fingerprint density at radius 1 is 1.22 bits per heavy atom. The Labute approximate surface area is 135 Å². The van der Waals surface area contributed by atoms with Crippen molar-refractivity contribution in [3.05, 3.63) is 48.2 Å². The Morgan fingerprint density at radius 2 is 2.00 bits per heavy atom. The highest BCUT2D eigenvalue weighted by Crippen LogP contribution is 2.22. The van der Waals surface area contributed by atoms with E-state index in [0.29, 0.717) is 5.56 Å². The molecule has 2 rings (SSSR count). The first kappa shape index (κ1) is 16.5. The molecule has 1 heterocycles. The van der Waals surface area contributed by atoms with Gasteiger partial charge < -0.3 is 15.0 Å². The van der Waals surface area contributed by atoms with Crippen molar-refractivity contribution >= 4 is 11.8 Å². The average molecular weight is 313 g/mol. The van der Waals surface area contributed by atoms with Gasteiger partial charge in [0.25, 0.3) is 5.91 Å². The molecule has 1 aromatic heterocycles. The zero-order valence-corrected chi connectivity index (χ0v) is 13.4. The van der Waals surface area contributed by atoms with Gasteiger partial charge in [-0.05, 0) is 24.3 Å². The van der Waals surface area contributed by atoms with E-state index in [-0.39, 0.29) is 18.4 Å². The molecule has 0 unspecified atom stereocenters. The molecule has 1 N–H and O–H groups in total. The first-order valence-electron chi connectivity index (χ1n) is 7.10. The molecule has 0 spiro atoms. The fraction of sp³-hybridized carbons (Fsp3) is 0.235. The van der Waals surface area contributed by atoms with Crippen LogP contribution in [-0.2, 0) is 4.79 Å². The molecule has 2 amide bonds. The molecule has 0 atom stereocenters. The van der Waals surface area contributed by atoms with Crippen LogP contribution in [0.5, 0.6) is 5.75 Å². The molecule has 0 bridgehead atoms. The number of carbonyl (C=O) groups excluding carboxylic acids is 2. The maximum Gasteiger partial charge on any atom is 0.253 e. The minimum atomic E-state index is -0.329. The van der Waals surface area contributed by atoms with Crippen molar-refractivity contribution in [2.75, 3.05) is 27.7 Å². The summed E-state index contributed by atoms with van der Waals surface area (Å²) in [4.78, 5) is 29.2. The van der Waals surface area contributed by atoms with Gasteiger partial charge in [0.05, 0.1) is 24.9 Å². The van der Waals surface area contributed by atoms with Crippen LogP contribution in [0, 0.1) is 0 Å². The Balaban J connectivity index is 2.06. The Morgan fingerprint density at radius 3 is 2.61 bits per heavy atom. The highest BCUT2D eigenvalue weighted by molar-refractivity contribution is 5.96. The summed E-state index contributed by atoms with van der Waals surface area (Å²) in [5, 5.41) is 2.57. The molecule has 0 fully saturated rings. The van der Waals surface area contributed by atoms with E-state index in [9.17, 15) is 9.59 Å². The number of rotatable bonds is 5. The highest BCUT2D eigenvalue weighted by Gasteiger charge is 2.10. The van der Waals surface area contributed by atoms with Crippen molar-refractivity contribution < 1.29 is 14.3 Å². The molecular weight excluding hydrogens is 294 g/mol. The van der Waals surface area contributed by atoms with Gasteiger partial charge in [0.1, 0.15) is 5.75 Å². The predicted octanol–water partition coefficient (Wildman–Crippen LogP) is 1.58. The van der Waals surface area contributed by atoms with Gasteiger partial charge in [0.2, 0.25) is 5.91 Å². The van der Waals surface area contributed by atoms with Gasteiger partial charge in [-0.15, -0.1) is 0 Å². The van der Waals surface area contributed by atoms with Gasteiger partial charge in [-0.3, -0.25) is 14.6 Å². The number of benzene rings is 1. The number of pyridine rings is 1. The summed E-state index contributed by atoms with van der Waals surface area (Å²) < 4.78 is 5.18. The van der Waals surface area contributed by atoms with Gasteiger partial charge in [0.15, 0.2) is 0 Å². The molecule has 23 heavy (non-hydrogen) atoms. The third kappa shape index (κ3) is 4.29. The van der Waals surface area contributed by atoms with E-state index in [1.54, 1.807) is 33.3 Å². The first-order valence-corrected chi connectivity index (χ1v) is 7.10. The number of ether oxygens (including phenoxy) is 1. The molecule has 0 aliphatic carbocycles. The Kier molecular flexibility index (Phi) is 5.30. The smallest absolute Gasteiger partial charge is 0.253 e. The van der Waals surface area contributed by atoms with Gasteiger partial charge in [-0.2, -0.15) is 0 Å². The second kappa shape index (κ2) is 7.40. The van der Waals surface area contributed by atoms with Crippen LogP contribution in [0.2, 0.25) is 0 Å². The van der Waals surface area contributed by atoms with Crippen LogP contribution in [-0.4, -0.2) is 49.4 Å². The van der Waals surface area contributed by atoms with Crippen molar-refractivity contribution in [3.63, 3.8) is 0 Å². The van der Waals surface area contributed by atoms with Gasteiger partial charge >= 0.3 is 0 Å². The second-order valence-electron chi connectivity index (χ2n) is 5.13. The van der Waals surface area contributed by atoms with Gasteiger partial charge in [-0.1, -0.05) is 12.1 Å². The fourth-order valence-electron chi connectivity index (χ4n) is 1.90. The van der Waals surface area contributed by atoms with Crippen LogP contribution in [0.1, 0.15) is 10.4 Å². The SMILES string of the molecule is COc1cccc(-c2ccc(C(=O)NCC(=O)N(C)C)cn2)c1. The molecule has 0 saturated carbocycles. The van der Waals surface area contributed by atoms with Gasteiger partial charge in [-0.25, -0.2) is 0 Å². The normalized spacial score (nSPS) is 10.0. The fourth-order valence-corrected chi connectivity index (χ4v) is 1.90. The Hall–Kier alpha value is -2.89. The van der Waals surface area contributed by atoms with E-state index in [1.165, 1.54) is 11.1 Å². The lowest BCUT2D eigenvalue weighted by Crippen LogP contribution is -2.36. The van der Waals surface area contributed by atoms with Crippen LogP contribution in [0.25, 0.3) is 11.3 Å². The second-order valence-corrected chi connectivity index (χ2v) is 5.13. The van der Waals surface area contributed by atoms with Crippen molar-refractivity contribution in [3.8, 4) is 17.0 Å². The number of hydrogen-bond donors (Lipinski definition) is 1. The Bertz CT molecular complexity index is 696.